The first-order chi connectivity index (χ1) is 10.1. The summed E-state index contributed by atoms with van der Waals surface area (Å²) >= 11 is 1.77. The van der Waals surface area contributed by atoms with Gasteiger partial charge < -0.3 is 14.7 Å². The molecule has 1 saturated heterocycles. The van der Waals surface area contributed by atoms with Gasteiger partial charge in [-0.05, 0) is 31.9 Å². The van der Waals surface area contributed by atoms with Gasteiger partial charge in [-0.15, -0.1) is 0 Å². The van der Waals surface area contributed by atoms with Crippen LogP contribution in [0.3, 0.4) is 0 Å². The summed E-state index contributed by atoms with van der Waals surface area (Å²) in [6, 6.07) is 0. The summed E-state index contributed by atoms with van der Waals surface area (Å²) in [5.41, 5.74) is 0.155. The summed E-state index contributed by atoms with van der Waals surface area (Å²) in [5, 5.41) is 14.4. The number of nitrogens with zero attached hydrogens (tertiary/aromatic N) is 1. The van der Waals surface area contributed by atoms with Crippen LogP contribution in [0.5, 0.6) is 0 Å². The van der Waals surface area contributed by atoms with Crippen LogP contribution >= 0.6 is 11.8 Å². The number of carbonyl (C=O) groups excluding carboxylic acids is 1. The number of hydrogen-bond acceptors (Lipinski definition) is 6. The predicted molar refractivity (Wildman–Crippen MR) is 83.6 cm³/mol. The van der Waals surface area contributed by atoms with Crippen molar-refractivity contribution in [1.29, 1.82) is 0 Å². The van der Waals surface area contributed by atoms with Crippen molar-refractivity contribution in [2.24, 2.45) is 5.16 Å². The van der Waals surface area contributed by atoms with Crippen LogP contribution in [0, 0.1) is 0 Å². The number of esters is 1. The van der Waals surface area contributed by atoms with Crippen LogP contribution in [-0.2, 0) is 14.4 Å². The molecule has 1 fully saturated rings. The normalized spacial score (nSPS) is 27.0. The topological polar surface area (TPSA) is 68.1 Å². The number of hydrogen-bond donors (Lipinski definition) is 1. The molecule has 0 amide bonds. The molecule has 1 unspecified atom stereocenters. The summed E-state index contributed by atoms with van der Waals surface area (Å²) in [7, 11) is 0. The van der Waals surface area contributed by atoms with Crippen molar-refractivity contribution in [3.05, 3.63) is 11.3 Å². The van der Waals surface area contributed by atoms with E-state index in [9.17, 15) is 9.90 Å². The number of oxime groups is 1. The van der Waals surface area contributed by atoms with Crippen LogP contribution in [-0.4, -0.2) is 40.5 Å². The minimum Gasteiger partial charge on any atom is -0.511 e. The zero-order valence-corrected chi connectivity index (χ0v) is 13.5. The second-order valence-electron chi connectivity index (χ2n) is 5.43. The highest BCUT2D eigenvalue weighted by atomic mass is 32.2. The Hall–Kier alpha value is -1.17. The van der Waals surface area contributed by atoms with Crippen LogP contribution < -0.4 is 0 Å². The maximum atomic E-state index is 12.4. The van der Waals surface area contributed by atoms with Gasteiger partial charge in [0.25, 0.3) is 0 Å². The van der Waals surface area contributed by atoms with E-state index in [1.165, 1.54) is 0 Å². The lowest BCUT2D eigenvalue weighted by Crippen LogP contribution is -2.45. The summed E-state index contributed by atoms with van der Waals surface area (Å²) in [6.45, 7) is 4.25. The van der Waals surface area contributed by atoms with Gasteiger partial charge in [-0.3, -0.25) is 0 Å². The number of ether oxygens (including phenoxy) is 1. The van der Waals surface area contributed by atoms with Crippen LogP contribution in [0.4, 0.5) is 0 Å². The lowest BCUT2D eigenvalue weighted by atomic mass is 9.88. The van der Waals surface area contributed by atoms with Crippen LogP contribution in [0.1, 0.15) is 46.0 Å². The molecule has 5 nitrogen and oxygen atoms in total. The van der Waals surface area contributed by atoms with E-state index in [1.807, 2.05) is 13.8 Å². The quantitative estimate of drug-likeness (QED) is 0.479. The summed E-state index contributed by atoms with van der Waals surface area (Å²) in [5.74, 6) is 1.47. The van der Waals surface area contributed by atoms with Gasteiger partial charge in [-0.1, -0.05) is 18.5 Å². The highest BCUT2D eigenvalue weighted by Gasteiger charge is 2.44. The fraction of sp³-hybridized carbons (Fsp3) is 0.733. The number of thioether (sulfide) groups is 1. The van der Waals surface area contributed by atoms with Gasteiger partial charge in [-0.25, -0.2) is 4.79 Å². The molecule has 1 atom stereocenters. The molecular formula is C15H23NO4S. The maximum absolute atomic E-state index is 12.4. The number of aliphatic hydroxyl groups is 1. The molecule has 0 aromatic heterocycles. The molecule has 0 radical (unpaired) electrons. The molecule has 0 saturated carbocycles. The average Bonchev–Trinajstić information content (AvgIpc) is 2.44. The van der Waals surface area contributed by atoms with E-state index in [-0.39, 0.29) is 11.3 Å². The van der Waals surface area contributed by atoms with Crippen molar-refractivity contribution in [3.63, 3.8) is 0 Å². The number of aliphatic hydroxyl groups excluding tert-OH is 1. The SMILES string of the molecule is CCCC(=NOCC)C1=C(O)CC2(CCCSC2)OC1=O. The van der Waals surface area contributed by atoms with Gasteiger partial charge in [0.15, 0.2) is 0 Å². The smallest absolute Gasteiger partial charge is 0.344 e. The van der Waals surface area contributed by atoms with Crippen molar-refractivity contribution >= 4 is 23.4 Å². The first-order valence-electron chi connectivity index (χ1n) is 7.54. The number of rotatable bonds is 5. The third-order valence-electron chi connectivity index (χ3n) is 3.66. The highest BCUT2D eigenvalue weighted by Crippen LogP contribution is 2.39. The largest absolute Gasteiger partial charge is 0.511 e. The molecule has 2 aliphatic heterocycles. The van der Waals surface area contributed by atoms with E-state index in [0.29, 0.717) is 25.2 Å². The molecule has 2 aliphatic rings. The molecular weight excluding hydrogens is 290 g/mol. The molecule has 0 aromatic carbocycles. The van der Waals surface area contributed by atoms with E-state index in [0.717, 1.165) is 30.8 Å². The maximum Gasteiger partial charge on any atom is 0.344 e. The third kappa shape index (κ3) is 3.73. The van der Waals surface area contributed by atoms with E-state index in [1.54, 1.807) is 11.8 Å². The van der Waals surface area contributed by atoms with Gasteiger partial charge >= 0.3 is 5.97 Å². The fourth-order valence-electron chi connectivity index (χ4n) is 2.72. The first kappa shape index (κ1) is 16.2. The van der Waals surface area contributed by atoms with Crippen molar-refractivity contribution < 1.29 is 19.5 Å². The summed E-state index contributed by atoms with van der Waals surface area (Å²) < 4.78 is 5.69. The van der Waals surface area contributed by atoms with Crippen molar-refractivity contribution in [1.82, 2.24) is 0 Å². The Kier molecular flexibility index (Phi) is 5.56. The summed E-state index contributed by atoms with van der Waals surface area (Å²) in [4.78, 5) is 17.4. The van der Waals surface area contributed by atoms with Crippen LogP contribution in [0.25, 0.3) is 0 Å². The monoisotopic (exact) mass is 313 g/mol. The van der Waals surface area contributed by atoms with Crippen LogP contribution in [0.2, 0.25) is 0 Å². The van der Waals surface area contributed by atoms with E-state index in [4.69, 9.17) is 9.57 Å². The predicted octanol–water partition coefficient (Wildman–Crippen LogP) is 3.20. The van der Waals surface area contributed by atoms with Gasteiger partial charge in [0.1, 0.15) is 23.5 Å². The van der Waals surface area contributed by atoms with Gasteiger partial charge in [0.2, 0.25) is 0 Å². The Morgan fingerprint density at radius 1 is 1.52 bits per heavy atom. The van der Waals surface area contributed by atoms with Crippen molar-refractivity contribution in [2.75, 3.05) is 18.1 Å². The molecule has 1 N–H and O–H groups in total. The Morgan fingerprint density at radius 3 is 2.90 bits per heavy atom. The molecule has 1 spiro atoms. The average molecular weight is 313 g/mol. The lowest BCUT2D eigenvalue weighted by Gasteiger charge is -2.39. The van der Waals surface area contributed by atoms with Crippen LogP contribution in [0.15, 0.2) is 16.5 Å². The molecule has 118 valence electrons. The van der Waals surface area contributed by atoms with Gasteiger partial charge in [0.05, 0.1) is 5.71 Å². The minimum atomic E-state index is -0.531. The number of carbonyl (C=O) groups is 1. The molecule has 0 aliphatic carbocycles. The zero-order chi connectivity index (χ0) is 15.3. The molecule has 2 heterocycles. The van der Waals surface area contributed by atoms with Gasteiger partial charge in [-0.2, -0.15) is 11.8 Å². The van der Waals surface area contributed by atoms with E-state index in [2.05, 4.69) is 5.16 Å². The molecule has 2 rings (SSSR count). The molecule has 0 bridgehead atoms. The Bertz CT molecular complexity index is 453. The van der Waals surface area contributed by atoms with Crippen molar-refractivity contribution in [3.8, 4) is 0 Å². The minimum absolute atomic E-state index is 0.0978. The lowest BCUT2D eigenvalue weighted by molar-refractivity contribution is -0.156. The van der Waals surface area contributed by atoms with Gasteiger partial charge in [0, 0.05) is 12.2 Å². The second-order valence-corrected chi connectivity index (χ2v) is 6.54. The highest BCUT2D eigenvalue weighted by molar-refractivity contribution is 7.99. The standard InChI is InChI=1S/C15H23NO4S/c1-3-6-11(16-19-4-2)13-12(17)9-15(20-14(13)18)7-5-8-21-10-15/h17H,3-10H2,1-2H3. The second kappa shape index (κ2) is 7.20. The Balaban J connectivity index is 2.25. The first-order valence-corrected chi connectivity index (χ1v) is 8.69. The van der Waals surface area contributed by atoms with E-state index >= 15 is 0 Å². The van der Waals surface area contributed by atoms with E-state index < -0.39 is 11.6 Å². The molecule has 21 heavy (non-hydrogen) atoms. The molecule has 6 heteroatoms. The Morgan fingerprint density at radius 2 is 2.33 bits per heavy atom. The fourth-order valence-corrected chi connectivity index (χ4v) is 3.89. The third-order valence-corrected chi connectivity index (χ3v) is 4.96. The summed E-state index contributed by atoms with van der Waals surface area (Å²) in [6.07, 6.45) is 3.60. The zero-order valence-electron chi connectivity index (χ0n) is 12.7. The van der Waals surface area contributed by atoms with Crippen molar-refractivity contribution in [2.45, 2.75) is 51.6 Å². The molecule has 0 aromatic rings. The Labute approximate surface area is 129 Å².